The largest absolute Gasteiger partial charge is 0.416 e. The molecule has 2 heterocycles. The summed E-state index contributed by atoms with van der Waals surface area (Å²) in [6.45, 7) is 2.60. The molecule has 14 heteroatoms. The Kier molecular flexibility index (Phi) is 11.3. The van der Waals surface area contributed by atoms with Gasteiger partial charge in [0.2, 0.25) is 11.8 Å². The summed E-state index contributed by atoms with van der Waals surface area (Å²) in [6, 6.07) is 5.68. The third-order valence-electron chi connectivity index (χ3n) is 8.51. The van der Waals surface area contributed by atoms with Gasteiger partial charge >= 0.3 is 12.4 Å². The molecule has 244 valence electrons. The van der Waals surface area contributed by atoms with Gasteiger partial charge in [-0.25, -0.2) is 4.39 Å². The quantitative estimate of drug-likeness (QED) is 0.410. The molecule has 2 unspecified atom stereocenters. The highest BCUT2D eigenvalue weighted by atomic mass is 35.5. The average Bonchev–Trinajstić information content (AvgIpc) is 2.95. The molecule has 0 aromatic heterocycles. The van der Waals surface area contributed by atoms with Crippen LogP contribution in [0, 0.1) is 18.7 Å². The van der Waals surface area contributed by atoms with E-state index in [-0.39, 0.29) is 36.0 Å². The molecule has 1 N–H and O–H groups in total. The number of aliphatic hydroxyl groups excluding tert-OH is 1. The fourth-order valence-corrected chi connectivity index (χ4v) is 6.30. The number of nitrogens with zero attached hydrogens (tertiary/aromatic N) is 3. The summed E-state index contributed by atoms with van der Waals surface area (Å²) in [5.74, 6) is -2.26. The van der Waals surface area contributed by atoms with Crippen molar-refractivity contribution < 1.29 is 45.4 Å². The Morgan fingerprint density at radius 1 is 0.932 bits per heavy atom. The number of carbonyl (C=O) groups excluding carboxylic acids is 2. The molecule has 2 fully saturated rings. The minimum atomic E-state index is -5.00. The Hall–Kier alpha value is -2.90. The molecule has 6 nitrogen and oxygen atoms in total. The Balaban J connectivity index is 0.00000529. The number of benzene rings is 2. The van der Waals surface area contributed by atoms with E-state index >= 15 is 0 Å². The van der Waals surface area contributed by atoms with Crippen LogP contribution < -0.4 is 0 Å². The molecular formula is C30H35ClF7N3O3. The normalized spacial score (nSPS) is 20.3. The molecule has 2 atom stereocenters. The van der Waals surface area contributed by atoms with E-state index in [0.29, 0.717) is 63.1 Å². The third kappa shape index (κ3) is 8.22. The number of aliphatic hydroxyl groups is 1. The predicted molar refractivity (Wildman–Crippen MR) is 150 cm³/mol. The van der Waals surface area contributed by atoms with Gasteiger partial charge < -0.3 is 14.9 Å². The van der Waals surface area contributed by atoms with Crippen molar-refractivity contribution in [3.8, 4) is 0 Å². The molecule has 0 saturated carbocycles. The number of amides is 2. The molecule has 0 bridgehead atoms. The van der Waals surface area contributed by atoms with E-state index in [1.165, 1.54) is 19.2 Å². The highest BCUT2D eigenvalue weighted by molar-refractivity contribution is 5.85. The lowest BCUT2D eigenvalue weighted by atomic mass is 9.77. The van der Waals surface area contributed by atoms with Crippen molar-refractivity contribution in [3.05, 3.63) is 70.0 Å². The van der Waals surface area contributed by atoms with Gasteiger partial charge in [0.05, 0.1) is 11.1 Å². The van der Waals surface area contributed by atoms with Crippen molar-refractivity contribution in [1.29, 1.82) is 0 Å². The molecule has 0 radical (unpaired) electrons. The molecule has 2 amide bonds. The average molecular weight is 654 g/mol. The van der Waals surface area contributed by atoms with E-state index in [2.05, 4.69) is 4.90 Å². The second-order valence-electron chi connectivity index (χ2n) is 11.4. The number of rotatable bonds is 6. The van der Waals surface area contributed by atoms with E-state index in [1.54, 1.807) is 17.9 Å². The van der Waals surface area contributed by atoms with E-state index in [9.17, 15) is 40.3 Å². The second-order valence-corrected chi connectivity index (χ2v) is 11.4. The molecule has 2 aliphatic heterocycles. The number of hydrogen-bond acceptors (Lipinski definition) is 4. The van der Waals surface area contributed by atoms with Crippen molar-refractivity contribution in [2.24, 2.45) is 5.92 Å². The maximum Gasteiger partial charge on any atom is 0.416 e. The zero-order valence-electron chi connectivity index (χ0n) is 24.2. The van der Waals surface area contributed by atoms with Gasteiger partial charge in [0.25, 0.3) is 0 Å². The number of alkyl halides is 6. The van der Waals surface area contributed by atoms with Crippen molar-refractivity contribution in [3.63, 3.8) is 0 Å². The van der Waals surface area contributed by atoms with Gasteiger partial charge in [-0.1, -0.05) is 6.07 Å². The van der Waals surface area contributed by atoms with Crippen LogP contribution in [0.3, 0.4) is 0 Å². The fraction of sp³-hybridized carbons (Fsp3) is 0.533. The van der Waals surface area contributed by atoms with Crippen molar-refractivity contribution in [2.75, 3.05) is 39.8 Å². The minimum Gasteiger partial charge on any atom is -0.387 e. The zero-order valence-corrected chi connectivity index (χ0v) is 25.0. The van der Waals surface area contributed by atoms with Gasteiger partial charge in [-0.3, -0.25) is 14.5 Å². The van der Waals surface area contributed by atoms with Crippen LogP contribution in [0.15, 0.2) is 36.4 Å². The summed E-state index contributed by atoms with van der Waals surface area (Å²) in [7, 11) is 1.35. The Labute approximate surface area is 257 Å². The van der Waals surface area contributed by atoms with Crippen LogP contribution in [0.4, 0.5) is 30.7 Å². The van der Waals surface area contributed by atoms with E-state index < -0.39 is 60.2 Å². The first kappa shape index (κ1) is 35.6. The molecule has 2 saturated heterocycles. The number of hydrogen-bond donors (Lipinski definition) is 1. The first-order valence-corrected chi connectivity index (χ1v) is 14.0. The standard InChI is InChI=1S/C30H34F7N3O3.ClH/c1-18-11-22(31)3-4-24(18)26-16-40(23-5-8-39(9-6-23)27(42)17-41)10-7-25(26)28(43)38(2)15-19-12-20(29(32,33)34)14-21(13-19)30(35,36)37;/h3-4,11-14,23,25-26,41H,5-10,15-17H2,1-2H3;1H. The van der Waals surface area contributed by atoms with Crippen LogP contribution in [-0.2, 0) is 28.5 Å². The predicted octanol–water partition coefficient (Wildman–Crippen LogP) is 5.64. The summed E-state index contributed by atoms with van der Waals surface area (Å²) >= 11 is 0. The highest BCUT2D eigenvalue weighted by Gasteiger charge is 2.41. The molecule has 4 rings (SSSR count). The van der Waals surface area contributed by atoms with Gasteiger partial charge in [-0.05, 0) is 79.8 Å². The topological polar surface area (TPSA) is 64.1 Å². The van der Waals surface area contributed by atoms with E-state index in [1.807, 2.05) is 0 Å². The minimum absolute atomic E-state index is 0. The SMILES string of the molecule is Cc1cc(F)ccc1C1CN(C2CCN(C(=O)CO)CC2)CCC1C(=O)N(C)Cc1cc(C(F)(F)F)cc(C(F)(F)F)c1.Cl. The van der Waals surface area contributed by atoms with Crippen LogP contribution in [-0.4, -0.2) is 77.5 Å². The van der Waals surface area contributed by atoms with Gasteiger partial charge in [-0.15, -0.1) is 12.4 Å². The fourth-order valence-electron chi connectivity index (χ4n) is 6.30. The van der Waals surface area contributed by atoms with Crippen LogP contribution in [0.2, 0.25) is 0 Å². The summed E-state index contributed by atoms with van der Waals surface area (Å²) in [4.78, 5) is 30.6. The summed E-state index contributed by atoms with van der Waals surface area (Å²) < 4.78 is 94.3. The van der Waals surface area contributed by atoms with Gasteiger partial charge in [0.1, 0.15) is 12.4 Å². The van der Waals surface area contributed by atoms with Crippen LogP contribution >= 0.6 is 12.4 Å². The molecule has 0 spiro atoms. The van der Waals surface area contributed by atoms with E-state index in [4.69, 9.17) is 5.11 Å². The van der Waals surface area contributed by atoms with Gasteiger partial charge in [-0.2, -0.15) is 26.3 Å². The van der Waals surface area contributed by atoms with Crippen molar-refractivity contribution in [2.45, 2.75) is 57.0 Å². The summed E-state index contributed by atoms with van der Waals surface area (Å²) in [6.07, 6.45) is -8.31. The van der Waals surface area contributed by atoms with Crippen LogP contribution in [0.25, 0.3) is 0 Å². The van der Waals surface area contributed by atoms with E-state index in [0.717, 1.165) is 10.5 Å². The van der Waals surface area contributed by atoms with Crippen LogP contribution in [0.5, 0.6) is 0 Å². The number of aryl methyl sites for hydroxylation is 1. The Morgan fingerprint density at radius 3 is 2.05 bits per heavy atom. The van der Waals surface area contributed by atoms with Crippen LogP contribution in [0.1, 0.15) is 53.0 Å². The van der Waals surface area contributed by atoms with Crippen molar-refractivity contribution >= 4 is 24.2 Å². The monoisotopic (exact) mass is 653 g/mol. The highest BCUT2D eigenvalue weighted by Crippen LogP contribution is 2.39. The number of carbonyl (C=O) groups is 2. The Bertz CT molecular complexity index is 1300. The first-order chi connectivity index (χ1) is 20.1. The maximum atomic E-state index is 14.0. The van der Waals surface area contributed by atoms with Gasteiger partial charge in [0, 0.05) is 51.1 Å². The molecule has 2 aliphatic rings. The van der Waals surface area contributed by atoms with Gasteiger partial charge in [0.15, 0.2) is 0 Å². The lowest BCUT2D eigenvalue weighted by Gasteiger charge is -2.45. The molecule has 2 aromatic rings. The number of likely N-dealkylation sites (tertiary alicyclic amines) is 2. The Morgan fingerprint density at radius 2 is 1.52 bits per heavy atom. The smallest absolute Gasteiger partial charge is 0.387 e. The third-order valence-corrected chi connectivity index (χ3v) is 8.51. The second kappa shape index (κ2) is 14.0. The van der Waals surface area contributed by atoms with Crippen molar-refractivity contribution in [1.82, 2.24) is 14.7 Å². The molecule has 0 aliphatic carbocycles. The summed E-state index contributed by atoms with van der Waals surface area (Å²) in [5, 5.41) is 9.16. The molecular weight excluding hydrogens is 619 g/mol. The molecule has 2 aromatic carbocycles. The lowest BCUT2D eigenvalue weighted by molar-refractivity contribution is -0.143. The maximum absolute atomic E-state index is 14.0. The first-order valence-electron chi connectivity index (χ1n) is 14.0. The number of piperidine rings is 2. The lowest BCUT2D eigenvalue weighted by Crippen LogP contribution is -2.52. The number of halogens is 8. The zero-order chi connectivity index (χ0) is 31.7. The molecule has 44 heavy (non-hydrogen) atoms. The summed E-state index contributed by atoms with van der Waals surface area (Å²) in [5.41, 5.74) is -1.82.